The van der Waals surface area contributed by atoms with Crippen LogP contribution < -0.4 is 5.32 Å². The molecule has 0 bridgehead atoms. The smallest absolute Gasteiger partial charge is 0.269 e. The minimum atomic E-state index is -0.378. The van der Waals surface area contributed by atoms with Crippen LogP contribution >= 0.6 is 0 Å². The molecule has 0 fully saturated rings. The Morgan fingerprint density at radius 2 is 2.25 bits per heavy atom. The van der Waals surface area contributed by atoms with E-state index in [1.54, 1.807) is 12.1 Å². The molecule has 1 aromatic rings. The van der Waals surface area contributed by atoms with E-state index in [2.05, 4.69) is 11.4 Å². The lowest BCUT2D eigenvalue weighted by atomic mass is 10.2. The Kier molecular flexibility index (Phi) is 4.51. The molecular formula is C12H16N2O2. The molecule has 0 unspecified atom stereocenters. The van der Waals surface area contributed by atoms with Gasteiger partial charge in [-0.05, 0) is 31.9 Å². The fourth-order valence-corrected chi connectivity index (χ4v) is 1.42. The van der Waals surface area contributed by atoms with Crippen LogP contribution in [0, 0.1) is 17.0 Å². The van der Waals surface area contributed by atoms with Crippen LogP contribution in [0.4, 0.5) is 11.4 Å². The molecule has 0 aromatic heterocycles. The molecular weight excluding hydrogens is 204 g/mol. The number of nitro groups is 1. The zero-order chi connectivity index (χ0) is 12.0. The lowest BCUT2D eigenvalue weighted by Crippen LogP contribution is -2.02. The molecule has 0 spiro atoms. The van der Waals surface area contributed by atoms with E-state index >= 15 is 0 Å². The molecule has 0 heterocycles. The second-order valence-electron chi connectivity index (χ2n) is 3.54. The van der Waals surface area contributed by atoms with Crippen molar-refractivity contribution in [2.75, 3.05) is 11.9 Å². The van der Waals surface area contributed by atoms with Crippen molar-refractivity contribution in [1.29, 1.82) is 0 Å². The number of allylic oxidation sites excluding steroid dienone is 1. The largest absolute Gasteiger partial charge is 0.385 e. The second kappa shape index (κ2) is 5.90. The first kappa shape index (κ1) is 12.2. The average Bonchev–Trinajstić information content (AvgIpc) is 2.26. The van der Waals surface area contributed by atoms with E-state index in [4.69, 9.17) is 0 Å². The Morgan fingerprint density at radius 3 is 2.81 bits per heavy atom. The fraction of sp³-hybridized carbons (Fsp3) is 0.333. The standard InChI is InChI=1S/C12H16N2O2/c1-3-4-5-8-13-12-7-6-11(14(15)16)9-10(12)2/h3-4,6-7,9,13H,5,8H2,1-2H3/b4-3+. The van der Waals surface area contributed by atoms with Gasteiger partial charge in [0.05, 0.1) is 4.92 Å². The lowest BCUT2D eigenvalue weighted by molar-refractivity contribution is -0.384. The maximum Gasteiger partial charge on any atom is 0.269 e. The number of rotatable bonds is 5. The van der Waals surface area contributed by atoms with E-state index in [1.807, 2.05) is 19.9 Å². The minimum Gasteiger partial charge on any atom is -0.385 e. The molecule has 0 aliphatic carbocycles. The first-order valence-electron chi connectivity index (χ1n) is 5.25. The summed E-state index contributed by atoms with van der Waals surface area (Å²) in [5, 5.41) is 13.8. The summed E-state index contributed by atoms with van der Waals surface area (Å²) in [5.41, 5.74) is 1.99. The van der Waals surface area contributed by atoms with Crippen LogP contribution in [0.2, 0.25) is 0 Å². The van der Waals surface area contributed by atoms with Crippen molar-refractivity contribution >= 4 is 11.4 Å². The predicted molar refractivity (Wildman–Crippen MR) is 65.8 cm³/mol. The third-order valence-corrected chi connectivity index (χ3v) is 2.28. The zero-order valence-electron chi connectivity index (χ0n) is 9.56. The number of hydrogen-bond acceptors (Lipinski definition) is 3. The Balaban J connectivity index is 2.64. The maximum atomic E-state index is 10.5. The van der Waals surface area contributed by atoms with Gasteiger partial charge in [0, 0.05) is 24.4 Å². The number of nitrogens with one attached hydrogen (secondary N) is 1. The topological polar surface area (TPSA) is 55.2 Å². The maximum absolute atomic E-state index is 10.5. The second-order valence-corrected chi connectivity index (χ2v) is 3.54. The van der Waals surface area contributed by atoms with Crippen molar-refractivity contribution in [3.8, 4) is 0 Å². The van der Waals surface area contributed by atoms with Crippen LogP contribution in [0.25, 0.3) is 0 Å². The fourth-order valence-electron chi connectivity index (χ4n) is 1.42. The van der Waals surface area contributed by atoms with Gasteiger partial charge in [-0.15, -0.1) is 0 Å². The number of aryl methyl sites for hydroxylation is 1. The highest BCUT2D eigenvalue weighted by Gasteiger charge is 2.06. The Labute approximate surface area is 95.1 Å². The van der Waals surface area contributed by atoms with Crippen molar-refractivity contribution in [3.05, 3.63) is 46.0 Å². The zero-order valence-corrected chi connectivity index (χ0v) is 9.56. The van der Waals surface area contributed by atoms with Crippen LogP contribution in [-0.2, 0) is 0 Å². The number of non-ortho nitro benzene ring substituents is 1. The van der Waals surface area contributed by atoms with Crippen molar-refractivity contribution in [2.24, 2.45) is 0 Å². The van der Waals surface area contributed by atoms with E-state index in [1.165, 1.54) is 6.07 Å². The predicted octanol–water partition coefficient (Wildman–Crippen LogP) is 3.28. The summed E-state index contributed by atoms with van der Waals surface area (Å²) in [6.07, 6.45) is 5.03. The van der Waals surface area contributed by atoms with Crippen LogP contribution in [0.3, 0.4) is 0 Å². The van der Waals surface area contributed by atoms with Crippen LogP contribution in [0.15, 0.2) is 30.4 Å². The number of hydrogen-bond donors (Lipinski definition) is 1. The summed E-state index contributed by atoms with van der Waals surface area (Å²) in [5.74, 6) is 0. The summed E-state index contributed by atoms with van der Waals surface area (Å²) < 4.78 is 0. The summed E-state index contributed by atoms with van der Waals surface area (Å²) in [6.45, 7) is 4.69. The first-order valence-corrected chi connectivity index (χ1v) is 5.25. The highest BCUT2D eigenvalue weighted by molar-refractivity contribution is 5.55. The molecule has 1 rings (SSSR count). The Morgan fingerprint density at radius 1 is 1.50 bits per heavy atom. The van der Waals surface area contributed by atoms with Gasteiger partial charge in [-0.3, -0.25) is 10.1 Å². The molecule has 0 radical (unpaired) electrons. The van der Waals surface area contributed by atoms with Crippen LogP contribution in [-0.4, -0.2) is 11.5 Å². The first-order chi connectivity index (χ1) is 7.65. The summed E-state index contributed by atoms with van der Waals surface area (Å²) in [7, 11) is 0. The third kappa shape index (κ3) is 3.38. The van der Waals surface area contributed by atoms with Crippen LogP contribution in [0.1, 0.15) is 18.9 Å². The van der Waals surface area contributed by atoms with Crippen molar-refractivity contribution in [2.45, 2.75) is 20.3 Å². The SMILES string of the molecule is C/C=C/CCNc1ccc([N+](=O)[O-])cc1C. The molecule has 1 N–H and O–H groups in total. The average molecular weight is 220 g/mol. The van der Waals surface area contributed by atoms with E-state index in [0.717, 1.165) is 24.2 Å². The summed E-state index contributed by atoms with van der Waals surface area (Å²) in [6, 6.07) is 4.85. The molecule has 0 saturated carbocycles. The van der Waals surface area contributed by atoms with Gasteiger partial charge < -0.3 is 5.32 Å². The molecule has 0 aliphatic rings. The molecule has 0 amide bonds. The van der Waals surface area contributed by atoms with Crippen molar-refractivity contribution < 1.29 is 4.92 Å². The number of nitro benzene ring substituents is 1. The Hall–Kier alpha value is -1.84. The van der Waals surface area contributed by atoms with Gasteiger partial charge in [-0.25, -0.2) is 0 Å². The van der Waals surface area contributed by atoms with Gasteiger partial charge in [0.15, 0.2) is 0 Å². The van der Waals surface area contributed by atoms with E-state index in [-0.39, 0.29) is 10.6 Å². The van der Waals surface area contributed by atoms with Gasteiger partial charge in [-0.1, -0.05) is 12.2 Å². The number of nitrogens with zero attached hydrogens (tertiary/aromatic N) is 1. The number of anilines is 1. The quantitative estimate of drug-likeness (QED) is 0.358. The lowest BCUT2D eigenvalue weighted by Gasteiger charge is -2.07. The molecule has 4 heteroatoms. The normalized spacial score (nSPS) is 10.6. The van der Waals surface area contributed by atoms with Gasteiger partial charge in [0.2, 0.25) is 0 Å². The molecule has 86 valence electrons. The van der Waals surface area contributed by atoms with E-state index < -0.39 is 0 Å². The minimum absolute atomic E-state index is 0.136. The monoisotopic (exact) mass is 220 g/mol. The third-order valence-electron chi connectivity index (χ3n) is 2.28. The molecule has 0 atom stereocenters. The molecule has 1 aromatic carbocycles. The van der Waals surface area contributed by atoms with Gasteiger partial charge in [0.25, 0.3) is 5.69 Å². The van der Waals surface area contributed by atoms with Gasteiger partial charge in [0.1, 0.15) is 0 Å². The van der Waals surface area contributed by atoms with Crippen molar-refractivity contribution in [1.82, 2.24) is 0 Å². The highest BCUT2D eigenvalue weighted by atomic mass is 16.6. The Bertz CT molecular complexity index is 400. The van der Waals surface area contributed by atoms with Crippen LogP contribution in [0.5, 0.6) is 0 Å². The summed E-state index contributed by atoms with van der Waals surface area (Å²) >= 11 is 0. The number of benzene rings is 1. The highest BCUT2D eigenvalue weighted by Crippen LogP contribution is 2.20. The molecule has 0 saturated heterocycles. The molecule has 16 heavy (non-hydrogen) atoms. The van der Waals surface area contributed by atoms with E-state index in [9.17, 15) is 10.1 Å². The van der Waals surface area contributed by atoms with Gasteiger partial charge in [-0.2, -0.15) is 0 Å². The van der Waals surface area contributed by atoms with Gasteiger partial charge >= 0.3 is 0 Å². The van der Waals surface area contributed by atoms with Crippen molar-refractivity contribution in [3.63, 3.8) is 0 Å². The molecule has 4 nitrogen and oxygen atoms in total. The summed E-state index contributed by atoms with van der Waals surface area (Å²) in [4.78, 5) is 10.2. The van der Waals surface area contributed by atoms with E-state index in [0.29, 0.717) is 0 Å². The molecule has 0 aliphatic heterocycles.